The molecule has 0 saturated heterocycles. The summed E-state index contributed by atoms with van der Waals surface area (Å²) in [4.78, 5) is 59.7. The zero-order chi connectivity index (χ0) is 34.9. The van der Waals surface area contributed by atoms with Crippen LogP contribution < -0.4 is 9.46 Å². The number of ketones is 2. The molecule has 262 valence electrons. The Labute approximate surface area is 288 Å². The highest BCUT2D eigenvalue weighted by Crippen LogP contribution is 2.57. The van der Waals surface area contributed by atoms with Gasteiger partial charge in [-0.05, 0) is 86.3 Å². The van der Waals surface area contributed by atoms with Gasteiger partial charge in [-0.15, -0.1) is 6.58 Å². The van der Waals surface area contributed by atoms with E-state index in [1.165, 1.54) is 0 Å². The van der Waals surface area contributed by atoms with Crippen LogP contribution in [0.1, 0.15) is 83.6 Å². The number of rotatable bonds is 9. The number of esters is 1. The highest BCUT2D eigenvalue weighted by molar-refractivity contribution is 7.90. The lowest BCUT2D eigenvalue weighted by atomic mass is 9.77. The first-order valence-corrected chi connectivity index (χ1v) is 19.1. The fraction of sp³-hybridized carbons (Fsp3) is 0.553. The van der Waals surface area contributed by atoms with Crippen LogP contribution in [0.4, 0.5) is 0 Å². The molecule has 1 aromatic carbocycles. The molecule has 4 aliphatic rings. The second-order valence-corrected chi connectivity index (χ2v) is 16.7. The molecular formula is C38H46N2O8S. The first kappa shape index (κ1) is 35.0. The van der Waals surface area contributed by atoms with Gasteiger partial charge in [-0.2, -0.15) is 0 Å². The van der Waals surface area contributed by atoms with E-state index in [-0.39, 0.29) is 55.7 Å². The molecule has 3 saturated carbocycles. The van der Waals surface area contributed by atoms with Crippen molar-refractivity contribution in [3.8, 4) is 5.88 Å². The minimum atomic E-state index is -3.82. The number of pyridine rings is 1. The third-order valence-electron chi connectivity index (χ3n) is 10.5. The second kappa shape index (κ2) is 14.2. The number of Topliss-reactive ketones (excluding diaryl/α,β-unsaturated/α-hetero) is 2. The average molecular weight is 691 g/mol. The standard InChI is InChI=1S/C38H46N2O8S/c1-4-27-21-38(27,37(44)40-49(45,46)29-11-12-29)22-33(41)31-19-28-20-32(31)35(43)26(16-23(2)3)18-34(42)47-15-7-5-6-8-24-9-10-25-13-14-39-36(48-28)30(25)17-24/h4,6,8-10,13-14,17,23,26-29,31-32H,1,5,7,11-12,15-16,18-22H2,2-3H3,(H,40,44)/b8-6+/t26-,27+,28-,31-,32?,38-/m1/s1. The molecule has 1 amide bonds. The number of aromatic nitrogens is 1. The molecule has 0 radical (unpaired) electrons. The third-order valence-corrected chi connectivity index (χ3v) is 12.4. The number of carbonyl (C=O) groups excluding carboxylic acids is 4. The van der Waals surface area contributed by atoms with E-state index < -0.39 is 56.4 Å². The van der Waals surface area contributed by atoms with Crippen molar-refractivity contribution in [1.82, 2.24) is 9.71 Å². The predicted molar refractivity (Wildman–Crippen MR) is 185 cm³/mol. The Morgan fingerprint density at radius 1 is 1.16 bits per heavy atom. The molecule has 2 aromatic rings. The van der Waals surface area contributed by atoms with Crippen molar-refractivity contribution in [2.24, 2.45) is 35.0 Å². The maximum atomic E-state index is 14.4. The number of ether oxygens (including phenoxy) is 2. The van der Waals surface area contributed by atoms with Gasteiger partial charge in [0.05, 0.1) is 23.7 Å². The fourth-order valence-corrected chi connectivity index (χ4v) is 9.02. The molecule has 10 nitrogen and oxygen atoms in total. The molecule has 6 rings (SSSR count). The van der Waals surface area contributed by atoms with E-state index in [4.69, 9.17) is 9.47 Å². The van der Waals surface area contributed by atoms with Gasteiger partial charge in [0.2, 0.25) is 21.8 Å². The molecular weight excluding hydrogens is 644 g/mol. The number of cyclic esters (lactones) is 1. The lowest BCUT2D eigenvalue weighted by Gasteiger charge is -2.25. The Kier molecular flexibility index (Phi) is 10.1. The average Bonchev–Trinajstić information content (AvgIpc) is 3.98. The quantitative estimate of drug-likeness (QED) is 0.257. The SMILES string of the molecule is C=C[C@H]1C[C@]1(CC(=O)[C@@H]1C[C@@H]2CC1C(=O)[C@H](CC(C)C)CC(=O)OCCC/C=C/c1ccc3ccnc(c3c1)O2)C(=O)NS(=O)(=O)C1CC1. The zero-order valence-corrected chi connectivity index (χ0v) is 29.1. The van der Waals surface area contributed by atoms with E-state index >= 15 is 0 Å². The molecule has 4 bridgehead atoms. The van der Waals surface area contributed by atoms with Gasteiger partial charge in [0, 0.05) is 35.8 Å². The van der Waals surface area contributed by atoms with E-state index in [0.717, 1.165) is 16.3 Å². The molecule has 1 aliphatic heterocycles. The second-order valence-electron chi connectivity index (χ2n) is 14.7. The van der Waals surface area contributed by atoms with Gasteiger partial charge in [0.1, 0.15) is 17.7 Å². The van der Waals surface area contributed by atoms with Crippen LogP contribution >= 0.6 is 0 Å². The van der Waals surface area contributed by atoms with Crippen LogP contribution in [0.3, 0.4) is 0 Å². The summed E-state index contributed by atoms with van der Waals surface area (Å²) in [6.07, 6.45) is 10.1. The number of allylic oxidation sites excluding steroid dienone is 2. The molecule has 49 heavy (non-hydrogen) atoms. The molecule has 1 aromatic heterocycles. The first-order valence-electron chi connectivity index (χ1n) is 17.5. The molecule has 0 spiro atoms. The van der Waals surface area contributed by atoms with Crippen LogP contribution in [0.15, 0.2) is 49.2 Å². The maximum Gasteiger partial charge on any atom is 0.306 e. The topological polar surface area (TPSA) is 146 Å². The van der Waals surface area contributed by atoms with E-state index in [1.54, 1.807) is 12.3 Å². The zero-order valence-electron chi connectivity index (χ0n) is 28.3. The number of hydrogen-bond donors (Lipinski definition) is 1. The summed E-state index contributed by atoms with van der Waals surface area (Å²) in [6, 6.07) is 7.90. The number of benzene rings is 1. The highest BCUT2D eigenvalue weighted by Gasteiger charge is 2.61. The van der Waals surface area contributed by atoms with E-state index in [1.807, 2.05) is 50.3 Å². The molecule has 1 N–H and O–H groups in total. The summed E-state index contributed by atoms with van der Waals surface area (Å²) in [5.41, 5.74) is -0.275. The Bertz CT molecular complexity index is 1780. The molecule has 3 aliphatic carbocycles. The van der Waals surface area contributed by atoms with Gasteiger partial charge in [0.25, 0.3) is 0 Å². The lowest BCUT2D eigenvalue weighted by Crippen LogP contribution is -2.41. The Morgan fingerprint density at radius 2 is 1.96 bits per heavy atom. The maximum absolute atomic E-state index is 14.4. The van der Waals surface area contributed by atoms with E-state index in [9.17, 15) is 27.6 Å². The lowest BCUT2D eigenvalue weighted by molar-refractivity contribution is -0.148. The van der Waals surface area contributed by atoms with E-state index in [2.05, 4.69) is 16.3 Å². The van der Waals surface area contributed by atoms with Crippen molar-refractivity contribution >= 4 is 50.3 Å². The van der Waals surface area contributed by atoms with Gasteiger partial charge in [0.15, 0.2) is 0 Å². The molecule has 2 heterocycles. The molecule has 1 unspecified atom stereocenters. The van der Waals surface area contributed by atoms with E-state index in [0.29, 0.717) is 44.4 Å². The van der Waals surface area contributed by atoms with Crippen molar-refractivity contribution in [3.05, 3.63) is 54.8 Å². The van der Waals surface area contributed by atoms with Crippen LogP contribution in [0, 0.1) is 35.0 Å². The van der Waals surface area contributed by atoms with Crippen LogP contribution in [0.5, 0.6) is 5.88 Å². The summed E-state index contributed by atoms with van der Waals surface area (Å²) >= 11 is 0. The number of hydrogen-bond acceptors (Lipinski definition) is 9. The summed E-state index contributed by atoms with van der Waals surface area (Å²) in [7, 11) is -3.82. The van der Waals surface area contributed by atoms with Crippen LogP contribution in [-0.4, -0.2) is 54.8 Å². The number of carbonyl (C=O) groups is 4. The minimum Gasteiger partial charge on any atom is -0.474 e. The van der Waals surface area contributed by atoms with Crippen LogP contribution in [0.25, 0.3) is 16.8 Å². The molecule has 6 atom stereocenters. The van der Waals surface area contributed by atoms with Gasteiger partial charge < -0.3 is 9.47 Å². The van der Waals surface area contributed by atoms with Crippen LogP contribution in [-0.2, 0) is 33.9 Å². The summed E-state index contributed by atoms with van der Waals surface area (Å²) in [5, 5.41) is 1.17. The minimum absolute atomic E-state index is 0.0782. The van der Waals surface area contributed by atoms with Crippen molar-refractivity contribution in [3.63, 3.8) is 0 Å². The molecule has 11 heteroatoms. The fourth-order valence-electron chi connectivity index (χ4n) is 7.63. The normalized spacial score (nSPS) is 29.8. The van der Waals surface area contributed by atoms with Gasteiger partial charge in [-0.25, -0.2) is 13.4 Å². The van der Waals surface area contributed by atoms with Crippen molar-refractivity contribution in [2.45, 2.75) is 89.4 Å². The first-order chi connectivity index (χ1) is 23.4. The Morgan fingerprint density at radius 3 is 2.67 bits per heavy atom. The van der Waals surface area contributed by atoms with Crippen molar-refractivity contribution in [1.29, 1.82) is 0 Å². The number of nitrogens with zero attached hydrogens (tertiary/aromatic N) is 1. The summed E-state index contributed by atoms with van der Waals surface area (Å²) in [5.74, 6) is -3.62. The summed E-state index contributed by atoms with van der Waals surface area (Å²) < 4.78 is 39.6. The third kappa shape index (κ3) is 7.82. The highest BCUT2D eigenvalue weighted by atomic mass is 32.2. The molecule has 3 fully saturated rings. The van der Waals surface area contributed by atoms with Crippen molar-refractivity contribution < 1.29 is 37.1 Å². The monoisotopic (exact) mass is 690 g/mol. The number of sulfonamides is 1. The Hall–Kier alpha value is -3.86. The summed E-state index contributed by atoms with van der Waals surface area (Å²) in [6.45, 7) is 8.03. The van der Waals surface area contributed by atoms with Gasteiger partial charge in [-0.3, -0.25) is 23.9 Å². The number of fused-ring (bicyclic) bond motifs is 3. The van der Waals surface area contributed by atoms with Gasteiger partial charge in [-0.1, -0.05) is 44.2 Å². The Balaban J connectivity index is 1.32. The number of amides is 1. The van der Waals surface area contributed by atoms with Crippen molar-refractivity contribution in [2.75, 3.05) is 6.61 Å². The van der Waals surface area contributed by atoms with Gasteiger partial charge >= 0.3 is 5.97 Å². The van der Waals surface area contributed by atoms with Crippen LogP contribution in [0.2, 0.25) is 0 Å². The smallest absolute Gasteiger partial charge is 0.306 e. The largest absolute Gasteiger partial charge is 0.474 e. The number of nitrogens with one attached hydrogen (secondary N) is 1. The predicted octanol–water partition coefficient (Wildman–Crippen LogP) is 5.74.